The molecule has 0 atom stereocenters. The van der Waals surface area contributed by atoms with Gasteiger partial charge in [0.25, 0.3) is 0 Å². The topological polar surface area (TPSA) is 77.2 Å². The zero-order chi connectivity index (χ0) is 19.1. The van der Waals surface area contributed by atoms with Crippen LogP contribution in [0.1, 0.15) is 16.8 Å². The number of rotatable bonds is 4. The molecule has 0 spiro atoms. The number of nitrogens with one attached hydrogen (secondary N) is 1. The van der Waals surface area contributed by atoms with Gasteiger partial charge in [0.05, 0.1) is 6.61 Å². The second-order valence-electron chi connectivity index (χ2n) is 6.58. The second kappa shape index (κ2) is 6.56. The maximum absolute atomic E-state index is 14.4. The Hall–Kier alpha value is -3.55. The first kappa shape index (κ1) is 16.6. The predicted molar refractivity (Wildman–Crippen MR) is 102 cm³/mol. The Morgan fingerprint density at radius 1 is 1.18 bits per heavy atom. The van der Waals surface area contributed by atoms with Gasteiger partial charge in [-0.2, -0.15) is 9.61 Å². The number of halogens is 1. The van der Waals surface area contributed by atoms with Gasteiger partial charge in [-0.05, 0) is 25.1 Å². The highest BCUT2D eigenvalue weighted by Crippen LogP contribution is 2.31. The van der Waals surface area contributed by atoms with Gasteiger partial charge in [-0.15, -0.1) is 0 Å². The monoisotopic (exact) mass is 376 g/mol. The SMILES string of the molecule is Cc1ncccc1-c1cnc(NCc2c(F)ccc3c2CCO3)n2ncnc12. The molecule has 4 heterocycles. The number of benzene rings is 1. The lowest BCUT2D eigenvalue weighted by molar-refractivity contribution is 0.356. The van der Waals surface area contributed by atoms with E-state index in [-0.39, 0.29) is 12.4 Å². The first-order chi connectivity index (χ1) is 13.7. The number of aromatic nitrogens is 5. The highest BCUT2D eigenvalue weighted by molar-refractivity contribution is 5.78. The van der Waals surface area contributed by atoms with Crippen molar-refractivity contribution >= 4 is 11.6 Å². The van der Waals surface area contributed by atoms with Gasteiger partial charge in [0.1, 0.15) is 17.9 Å². The molecular weight excluding hydrogens is 359 g/mol. The predicted octanol–water partition coefficient (Wildman–Crippen LogP) is 3.18. The molecule has 0 saturated heterocycles. The Kier molecular flexibility index (Phi) is 3.89. The van der Waals surface area contributed by atoms with Crippen LogP contribution in [0, 0.1) is 12.7 Å². The Balaban J connectivity index is 1.51. The van der Waals surface area contributed by atoms with Gasteiger partial charge in [-0.1, -0.05) is 6.07 Å². The zero-order valence-electron chi connectivity index (χ0n) is 15.2. The van der Waals surface area contributed by atoms with Crippen molar-refractivity contribution in [3.05, 3.63) is 65.6 Å². The summed E-state index contributed by atoms with van der Waals surface area (Å²) in [5.41, 5.74) is 4.84. The van der Waals surface area contributed by atoms with E-state index in [2.05, 4.69) is 25.4 Å². The molecule has 1 aliphatic rings. The number of hydrogen-bond donors (Lipinski definition) is 1. The Labute approximate surface area is 160 Å². The minimum atomic E-state index is -0.255. The molecule has 0 unspecified atom stereocenters. The average molecular weight is 376 g/mol. The van der Waals surface area contributed by atoms with Crippen molar-refractivity contribution in [1.82, 2.24) is 24.6 Å². The highest BCUT2D eigenvalue weighted by Gasteiger charge is 2.20. The summed E-state index contributed by atoms with van der Waals surface area (Å²) in [6.07, 6.45) is 5.67. The summed E-state index contributed by atoms with van der Waals surface area (Å²) in [6.45, 7) is 2.80. The minimum Gasteiger partial charge on any atom is -0.493 e. The standard InChI is InChI=1S/C20H17FN6O/c1-12-13(3-2-7-22-12)16-10-24-20(27-19(16)25-11-26-27)23-9-15-14-6-8-28-18(14)5-4-17(15)21/h2-5,7,10-11H,6,8-9H2,1H3,(H,23,24). The molecule has 7 nitrogen and oxygen atoms in total. The van der Waals surface area contributed by atoms with Crippen LogP contribution in [-0.2, 0) is 13.0 Å². The molecular formula is C20H17FN6O. The fourth-order valence-electron chi connectivity index (χ4n) is 3.57. The fourth-order valence-corrected chi connectivity index (χ4v) is 3.57. The molecule has 140 valence electrons. The molecule has 3 aromatic heterocycles. The van der Waals surface area contributed by atoms with Crippen LogP contribution in [0.5, 0.6) is 5.75 Å². The van der Waals surface area contributed by atoms with Gasteiger partial charge in [-0.25, -0.2) is 14.4 Å². The van der Waals surface area contributed by atoms with Crippen LogP contribution in [0.25, 0.3) is 16.8 Å². The first-order valence-electron chi connectivity index (χ1n) is 9.00. The minimum absolute atomic E-state index is 0.255. The third kappa shape index (κ3) is 2.65. The van der Waals surface area contributed by atoms with Crippen molar-refractivity contribution in [2.24, 2.45) is 0 Å². The fraction of sp³-hybridized carbons (Fsp3) is 0.200. The van der Waals surface area contributed by atoms with Gasteiger partial charge in [0, 0.05) is 53.3 Å². The van der Waals surface area contributed by atoms with Crippen LogP contribution in [0.2, 0.25) is 0 Å². The molecule has 0 amide bonds. The molecule has 5 rings (SSSR count). The van der Waals surface area contributed by atoms with E-state index in [4.69, 9.17) is 4.74 Å². The van der Waals surface area contributed by atoms with Gasteiger partial charge < -0.3 is 10.1 Å². The molecule has 8 heteroatoms. The van der Waals surface area contributed by atoms with Gasteiger partial charge in [-0.3, -0.25) is 4.98 Å². The molecule has 0 bridgehead atoms. The summed E-state index contributed by atoms with van der Waals surface area (Å²) in [7, 11) is 0. The second-order valence-corrected chi connectivity index (χ2v) is 6.58. The average Bonchev–Trinajstić information content (AvgIpc) is 3.37. The smallest absolute Gasteiger partial charge is 0.226 e. The van der Waals surface area contributed by atoms with Crippen LogP contribution in [-0.4, -0.2) is 31.2 Å². The lowest BCUT2D eigenvalue weighted by Gasteiger charge is -2.12. The number of anilines is 1. The van der Waals surface area contributed by atoms with Gasteiger partial charge in [0.2, 0.25) is 5.95 Å². The third-order valence-electron chi connectivity index (χ3n) is 4.97. The van der Waals surface area contributed by atoms with Gasteiger partial charge >= 0.3 is 0 Å². The van der Waals surface area contributed by atoms with E-state index < -0.39 is 0 Å². The molecule has 1 aliphatic heterocycles. The number of nitrogens with zero attached hydrogens (tertiary/aromatic N) is 5. The van der Waals surface area contributed by atoms with Crippen molar-refractivity contribution in [2.75, 3.05) is 11.9 Å². The summed E-state index contributed by atoms with van der Waals surface area (Å²) in [5, 5.41) is 7.48. The van der Waals surface area contributed by atoms with Crippen LogP contribution < -0.4 is 10.1 Å². The number of fused-ring (bicyclic) bond motifs is 2. The molecule has 0 radical (unpaired) electrons. The zero-order valence-corrected chi connectivity index (χ0v) is 15.2. The number of aryl methyl sites for hydroxylation is 1. The number of hydrogen-bond acceptors (Lipinski definition) is 6. The van der Waals surface area contributed by atoms with E-state index in [0.29, 0.717) is 30.2 Å². The molecule has 0 fully saturated rings. The Morgan fingerprint density at radius 3 is 3.00 bits per heavy atom. The largest absolute Gasteiger partial charge is 0.493 e. The van der Waals surface area contributed by atoms with E-state index in [1.165, 1.54) is 12.4 Å². The molecule has 0 saturated carbocycles. The molecule has 0 aliphatic carbocycles. The van der Waals surface area contributed by atoms with Crippen molar-refractivity contribution in [1.29, 1.82) is 0 Å². The van der Waals surface area contributed by atoms with Gasteiger partial charge in [0.15, 0.2) is 5.65 Å². The van der Waals surface area contributed by atoms with E-state index in [1.54, 1.807) is 23.0 Å². The van der Waals surface area contributed by atoms with Crippen molar-refractivity contribution in [3.63, 3.8) is 0 Å². The summed E-state index contributed by atoms with van der Waals surface area (Å²) < 4.78 is 21.5. The summed E-state index contributed by atoms with van der Waals surface area (Å²) in [4.78, 5) is 13.2. The normalized spacial score (nSPS) is 12.8. The summed E-state index contributed by atoms with van der Waals surface area (Å²) >= 11 is 0. The van der Waals surface area contributed by atoms with Crippen LogP contribution in [0.15, 0.2) is 43.0 Å². The van der Waals surface area contributed by atoms with Crippen molar-refractivity contribution in [2.45, 2.75) is 19.9 Å². The number of pyridine rings is 1. The molecule has 1 aromatic carbocycles. The molecule has 1 N–H and O–H groups in total. The molecule has 28 heavy (non-hydrogen) atoms. The maximum atomic E-state index is 14.4. The summed E-state index contributed by atoms with van der Waals surface area (Å²) in [5.74, 6) is 0.988. The van der Waals surface area contributed by atoms with E-state index >= 15 is 0 Å². The van der Waals surface area contributed by atoms with E-state index in [9.17, 15) is 4.39 Å². The van der Waals surface area contributed by atoms with Crippen molar-refractivity contribution < 1.29 is 9.13 Å². The Bertz CT molecular complexity index is 1190. The lowest BCUT2D eigenvalue weighted by Crippen LogP contribution is -2.10. The lowest BCUT2D eigenvalue weighted by atomic mass is 10.0. The first-order valence-corrected chi connectivity index (χ1v) is 9.00. The van der Waals surface area contributed by atoms with Crippen molar-refractivity contribution in [3.8, 4) is 16.9 Å². The highest BCUT2D eigenvalue weighted by atomic mass is 19.1. The molecule has 4 aromatic rings. The van der Waals surface area contributed by atoms with E-state index in [0.717, 1.165) is 28.1 Å². The number of ether oxygens (including phenoxy) is 1. The van der Waals surface area contributed by atoms with E-state index in [1.807, 2.05) is 19.1 Å². The maximum Gasteiger partial charge on any atom is 0.226 e. The Morgan fingerprint density at radius 2 is 2.11 bits per heavy atom. The quantitative estimate of drug-likeness (QED) is 0.589. The summed E-state index contributed by atoms with van der Waals surface area (Å²) in [6, 6.07) is 6.97. The van der Waals surface area contributed by atoms with Crippen LogP contribution in [0.4, 0.5) is 10.3 Å². The third-order valence-corrected chi connectivity index (χ3v) is 4.97. The van der Waals surface area contributed by atoms with Crippen LogP contribution >= 0.6 is 0 Å². The van der Waals surface area contributed by atoms with Crippen LogP contribution in [0.3, 0.4) is 0 Å².